The molecule has 24 heavy (non-hydrogen) atoms. The monoisotopic (exact) mass is 346 g/mol. The molecule has 0 aliphatic carbocycles. The topological polar surface area (TPSA) is 62.5 Å². The highest BCUT2D eigenvalue weighted by Crippen LogP contribution is 2.30. The summed E-state index contributed by atoms with van der Waals surface area (Å²) < 4.78 is 0.551. The van der Waals surface area contributed by atoms with E-state index in [0.717, 1.165) is 31.9 Å². The van der Waals surface area contributed by atoms with E-state index in [0.29, 0.717) is 15.4 Å². The number of likely N-dealkylation sites (N-methyl/N-ethyl adjacent to an activating group) is 1. The summed E-state index contributed by atoms with van der Waals surface area (Å²) in [6.07, 6.45) is 1.30. The molecule has 2 heterocycles. The molecule has 2 aromatic rings. The van der Waals surface area contributed by atoms with Crippen molar-refractivity contribution in [2.24, 2.45) is 0 Å². The van der Waals surface area contributed by atoms with Crippen molar-refractivity contribution in [3.63, 3.8) is 0 Å². The van der Waals surface area contributed by atoms with E-state index in [4.69, 9.17) is 11.6 Å². The third-order valence-electron chi connectivity index (χ3n) is 4.11. The number of aromatic nitrogens is 1. The molecule has 6 nitrogen and oxygen atoms in total. The van der Waals surface area contributed by atoms with Gasteiger partial charge in [0.25, 0.3) is 5.69 Å². The fourth-order valence-electron chi connectivity index (χ4n) is 2.72. The van der Waals surface area contributed by atoms with Crippen LogP contribution in [0.25, 0.3) is 0 Å². The Morgan fingerprint density at radius 2 is 1.96 bits per heavy atom. The number of benzene rings is 1. The van der Waals surface area contributed by atoms with Crippen molar-refractivity contribution in [1.29, 1.82) is 0 Å². The molecule has 0 unspecified atom stereocenters. The van der Waals surface area contributed by atoms with Gasteiger partial charge in [-0.2, -0.15) is 4.73 Å². The van der Waals surface area contributed by atoms with Crippen LogP contribution in [-0.2, 0) is 0 Å². The number of piperazine rings is 1. The van der Waals surface area contributed by atoms with Crippen LogP contribution in [0.3, 0.4) is 0 Å². The highest BCUT2D eigenvalue weighted by Gasteiger charge is 2.21. The summed E-state index contributed by atoms with van der Waals surface area (Å²) in [4.78, 5) is 16.9. The van der Waals surface area contributed by atoms with E-state index in [1.54, 1.807) is 24.3 Å². The molecule has 3 rings (SSSR count). The zero-order valence-electron chi connectivity index (χ0n) is 13.4. The lowest BCUT2D eigenvalue weighted by molar-refractivity contribution is -0.607. The number of pyridine rings is 1. The minimum absolute atomic E-state index is 0.0433. The quantitative estimate of drug-likeness (QED) is 0.682. The first kappa shape index (κ1) is 16.5. The number of hydrogen-bond acceptors (Lipinski definition) is 4. The first-order chi connectivity index (χ1) is 11.5. The number of carbonyl (C=O) groups is 1. The van der Waals surface area contributed by atoms with E-state index in [-0.39, 0.29) is 5.69 Å². The first-order valence-corrected chi connectivity index (χ1v) is 8.15. The van der Waals surface area contributed by atoms with E-state index in [1.165, 1.54) is 12.3 Å². The van der Waals surface area contributed by atoms with Crippen LogP contribution in [-0.4, -0.2) is 44.0 Å². The molecule has 0 radical (unpaired) electrons. The lowest BCUT2D eigenvalue weighted by Crippen LogP contribution is -2.44. The van der Waals surface area contributed by atoms with E-state index < -0.39 is 5.91 Å². The summed E-state index contributed by atoms with van der Waals surface area (Å²) in [5.74, 6) is -0.455. The SMILES string of the molecule is CN1CCN(c2ccc(Cl)cc2NC(=O)c2cccc[n+]2[O-])CC1. The highest BCUT2D eigenvalue weighted by atomic mass is 35.5. The number of anilines is 2. The van der Waals surface area contributed by atoms with Crippen molar-refractivity contribution in [3.05, 3.63) is 58.5 Å². The molecule has 1 aliphatic heterocycles. The molecule has 126 valence electrons. The van der Waals surface area contributed by atoms with E-state index in [1.807, 2.05) is 6.07 Å². The van der Waals surface area contributed by atoms with Gasteiger partial charge in [-0.05, 0) is 31.3 Å². The standard InChI is InChI=1S/C17H19ClN4O2/c1-20-8-10-21(11-9-20)15-6-5-13(18)12-14(15)19-17(23)16-4-2-3-7-22(16)24/h2-7,12H,8-11H2,1H3,(H,19,23). The number of nitrogens with zero attached hydrogens (tertiary/aromatic N) is 3. The van der Waals surface area contributed by atoms with Crippen LogP contribution < -0.4 is 14.9 Å². The van der Waals surface area contributed by atoms with Crippen molar-refractivity contribution < 1.29 is 9.52 Å². The summed E-state index contributed by atoms with van der Waals surface area (Å²) in [6.45, 7) is 3.65. The molecule has 1 amide bonds. The fourth-order valence-corrected chi connectivity index (χ4v) is 2.89. The minimum Gasteiger partial charge on any atom is -0.618 e. The Bertz CT molecular complexity index is 745. The van der Waals surface area contributed by atoms with Crippen molar-refractivity contribution in [3.8, 4) is 0 Å². The van der Waals surface area contributed by atoms with Crippen molar-refractivity contribution in [1.82, 2.24) is 4.90 Å². The summed E-state index contributed by atoms with van der Waals surface area (Å²) in [6, 6.07) is 10.1. The van der Waals surface area contributed by atoms with Crippen LogP contribution >= 0.6 is 11.6 Å². The average Bonchev–Trinajstić information content (AvgIpc) is 2.56. The smallest absolute Gasteiger partial charge is 0.321 e. The first-order valence-electron chi connectivity index (χ1n) is 7.77. The van der Waals surface area contributed by atoms with Crippen molar-refractivity contribution >= 4 is 28.9 Å². The second kappa shape index (κ2) is 7.07. The highest BCUT2D eigenvalue weighted by molar-refractivity contribution is 6.31. The van der Waals surface area contributed by atoms with E-state index in [9.17, 15) is 10.0 Å². The lowest BCUT2D eigenvalue weighted by Gasteiger charge is -2.35. The Morgan fingerprint density at radius 1 is 1.21 bits per heavy atom. The maximum Gasteiger partial charge on any atom is 0.321 e. The Balaban J connectivity index is 1.86. The second-order valence-electron chi connectivity index (χ2n) is 5.82. The zero-order chi connectivity index (χ0) is 17.1. The van der Waals surface area contributed by atoms with Crippen molar-refractivity contribution in [2.45, 2.75) is 0 Å². The van der Waals surface area contributed by atoms with E-state index >= 15 is 0 Å². The van der Waals surface area contributed by atoms with Gasteiger partial charge in [-0.3, -0.25) is 4.79 Å². The third kappa shape index (κ3) is 3.60. The van der Waals surface area contributed by atoms with Gasteiger partial charge in [0.1, 0.15) is 0 Å². The van der Waals surface area contributed by atoms with Crippen LogP contribution in [0.5, 0.6) is 0 Å². The molecule has 1 saturated heterocycles. The number of amides is 1. The van der Waals surface area contributed by atoms with Gasteiger partial charge in [-0.15, -0.1) is 0 Å². The van der Waals surface area contributed by atoms with Gasteiger partial charge in [0, 0.05) is 43.3 Å². The Hall–Kier alpha value is -2.31. The molecule has 7 heteroatoms. The Kier molecular flexibility index (Phi) is 4.87. The van der Waals surface area contributed by atoms with Gasteiger partial charge in [0.05, 0.1) is 11.4 Å². The molecule has 1 aliphatic rings. The molecular formula is C17H19ClN4O2. The molecule has 1 aromatic heterocycles. The third-order valence-corrected chi connectivity index (χ3v) is 4.34. The summed E-state index contributed by atoms with van der Waals surface area (Å²) in [5, 5.41) is 15.1. The van der Waals surface area contributed by atoms with Gasteiger partial charge in [0.15, 0.2) is 6.20 Å². The van der Waals surface area contributed by atoms with E-state index in [2.05, 4.69) is 22.2 Å². The molecular weight excluding hydrogens is 328 g/mol. The van der Waals surface area contributed by atoms with Crippen LogP contribution in [0.1, 0.15) is 10.5 Å². The molecule has 0 saturated carbocycles. The number of hydrogen-bond donors (Lipinski definition) is 1. The maximum absolute atomic E-state index is 12.4. The molecule has 0 spiro atoms. The molecule has 1 fully saturated rings. The van der Waals surface area contributed by atoms with Gasteiger partial charge in [-0.25, -0.2) is 0 Å². The Morgan fingerprint density at radius 3 is 2.67 bits per heavy atom. The van der Waals surface area contributed by atoms with Gasteiger partial charge < -0.3 is 20.3 Å². The van der Waals surface area contributed by atoms with Crippen LogP contribution in [0.4, 0.5) is 11.4 Å². The predicted molar refractivity (Wildman–Crippen MR) is 94.5 cm³/mol. The number of nitrogens with one attached hydrogen (secondary N) is 1. The lowest BCUT2D eigenvalue weighted by atomic mass is 10.2. The number of rotatable bonds is 3. The maximum atomic E-state index is 12.4. The van der Waals surface area contributed by atoms with Gasteiger partial charge in [-0.1, -0.05) is 11.6 Å². The zero-order valence-corrected chi connectivity index (χ0v) is 14.2. The fraction of sp³-hybridized carbons (Fsp3) is 0.294. The summed E-state index contributed by atoms with van der Waals surface area (Å²) >= 11 is 6.09. The van der Waals surface area contributed by atoms with Crippen LogP contribution in [0, 0.1) is 5.21 Å². The Labute approximate surface area is 145 Å². The average molecular weight is 347 g/mol. The normalized spacial score (nSPS) is 15.3. The molecule has 0 atom stereocenters. The number of halogens is 1. The summed E-state index contributed by atoms with van der Waals surface area (Å²) in [7, 11) is 2.09. The van der Waals surface area contributed by atoms with Gasteiger partial charge >= 0.3 is 5.91 Å². The van der Waals surface area contributed by atoms with Crippen molar-refractivity contribution in [2.75, 3.05) is 43.4 Å². The predicted octanol–water partition coefficient (Wildman–Crippen LogP) is 1.98. The molecule has 0 bridgehead atoms. The molecule has 1 aromatic carbocycles. The second-order valence-corrected chi connectivity index (χ2v) is 6.25. The largest absolute Gasteiger partial charge is 0.618 e. The minimum atomic E-state index is -0.455. The van der Waals surface area contributed by atoms with Gasteiger partial charge in [0.2, 0.25) is 0 Å². The number of carbonyl (C=O) groups excluding carboxylic acids is 1. The summed E-state index contributed by atoms with van der Waals surface area (Å²) in [5.41, 5.74) is 1.57. The van der Waals surface area contributed by atoms with Crippen LogP contribution in [0.2, 0.25) is 5.02 Å². The molecule has 1 N–H and O–H groups in total. The van der Waals surface area contributed by atoms with Crippen LogP contribution in [0.15, 0.2) is 42.6 Å².